The third kappa shape index (κ3) is 3.25. The van der Waals surface area contributed by atoms with Gasteiger partial charge in [-0.25, -0.2) is 4.57 Å². The lowest BCUT2D eigenvalue weighted by Gasteiger charge is -2.09. The molecule has 0 spiro atoms. The van der Waals surface area contributed by atoms with E-state index in [2.05, 4.69) is 103 Å². The van der Waals surface area contributed by atoms with Gasteiger partial charge in [-0.1, -0.05) is 48.0 Å². The van der Waals surface area contributed by atoms with Crippen molar-refractivity contribution in [2.24, 2.45) is 0 Å². The third-order valence-electron chi connectivity index (χ3n) is 4.91. The van der Waals surface area contributed by atoms with Crippen LogP contribution in [0.5, 0.6) is 0 Å². The zero-order chi connectivity index (χ0) is 17.4. The molecule has 4 aromatic rings. The number of aryl methyl sites for hydroxylation is 3. The van der Waals surface area contributed by atoms with E-state index in [0.717, 1.165) is 6.54 Å². The van der Waals surface area contributed by atoms with Gasteiger partial charge in [-0.2, -0.15) is 4.57 Å². The predicted molar refractivity (Wildman–Crippen MR) is 103 cm³/mol. The zero-order valence-corrected chi connectivity index (χ0v) is 16.2. The number of para-hydroxylation sites is 3. The fourth-order valence-electron chi connectivity index (χ4n) is 3.72. The molecule has 0 radical (unpaired) electrons. The minimum Gasteiger partial charge on any atom is -1.00 e. The molecular formula is C23H23ClN2. The van der Waals surface area contributed by atoms with Crippen molar-refractivity contribution in [3.05, 3.63) is 95.3 Å². The molecule has 0 bridgehead atoms. The summed E-state index contributed by atoms with van der Waals surface area (Å²) in [6.07, 6.45) is 2.22. The maximum atomic E-state index is 2.35. The Balaban J connectivity index is 0.00000196. The van der Waals surface area contributed by atoms with Crippen molar-refractivity contribution in [1.29, 1.82) is 0 Å². The number of nitrogens with zero attached hydrogens (tertiary/aromatic N) is 2. The van der Waals surface area contributed by atoms with Gasteiger partial charge in [0.05, 0.1) is 0 Å². The van der Waals surface area contributed by atoms with Crippen LogP contribution in [0.25, 0.3) is 16.7 Å². The van der Waals surface area contributed by atoms with Crippen molar-refractivity contribution in [3.8, 4) is 5.69 Å². The summed E-state index contributed by atoms with van der Waals surface area (Å²) in [4.78, 5) is 0. The van der Waals surface area contributed by atoms with Crippen molar-refractivity contribution in [1.82, 2.24) is 4.57 Å². The lowest BCUT2D eigenvalue weighted by atomic mass is 10.00. The lowest BCUT2D eigenvalue weighted by Crippen LogP contribution is -3.00. The molecule has 0 unspecified atom stereocenters. The van der Waals surface area contributed by atoms with Gasteiger partial charge in [0.1, 0.15) is 12.2 Å². The van der Waals surface area contributed by atoms with E-state index in [4.69, 9.17) is 0 Å². The molecule has 4 rings (SSSR count). The van der Waals surface area contributed by atoms with Crippen molar-refractivity contribution < 1.29 is 17.0 Å². The van der Waals surface area contributed by atoms with Gasteiger partial charge >= 0.3 is 0 Å². The zero-order valence-electron chi connectivity index (χ0n) is 15.4. The van der Waals surface area contributed by atoms with Gasteiger partial charge in [0.15, 0.2) is 11.0 Å². The summed E-state index contributed by atoms with van der Waals surface area (Å²) in [6, 6.07) is 23.7. The Morgan fingerprint density at radius 2 is 1.42 bits per heavy atom. The topological polar surface area (TPSA) is 8.81 Å². The molecule has 0 saturated carbocycles. The minimum atomic E-state index is 0. The van der Waals surface area contributed by atoms with Gasteiger partial charge < -0.3 is 12.4 Å². The van der Waals surface area contributed by atoms with Crippen molar-refractivity contribution in [3.63, 3.8) is 0 Å². The second kappa shape index (κ2) is 7.35. The van der Waals surface area contributed by atoms with Crippen LogP contribution in [0.1, 0.15) is 22.3 Å². The number of hydrogen-bond donors (Lipinski definition) is 0. The fraction of sp³-hybridized carbons (Fsp3) is 0.174. The molecule has 26 heavy (non-hydrogen) atoms. The smallest absolute Gasteiger partial charge is 0.250 e. The van der Waals surface area contributed by atoms with Crippen LogP contribution in [0.3, 0.4) is 0 Å². The normalized spacial score (nSPS) is 10.7. The van der Waals surface area contributed by atoms with E-state index in [1.807, 2.05) is 0 Å². The Bertz CT molecular complexity index is 1030. The van der Waals surface area contributed by atoms with Gasteiger partial charge in [0.2, 0.25) is 6.33 Å². The lowest BCUT2D eigenvalue weighted by molar-refractivity contribution is -0.663. The second-order valence-electron chi connectivity index (χ2n) is 6.81. The first-order valence-electron chi connectivity index (χ1n) is 8.75. The molecule has 132 valence electrons. The number of benzene rings is 3. The molecule has 3 aromatic carbocycles. The average Bonchev–Trinajstić information content (AvgIpc) is 2.98. The Labute approximate surface area is 161 Å². The molecule has 1 aromatic heterocycles. The molecule has 0 N–H and O–H groups in total. The summed E-state index contributed by atoms with van der Waals surface area (Å²) < 4.78 is 4.63. The standard InChI is InChI=1S/C23H23N2.ClH/c1-17-13-18(2)21(19(3)14-17)15-24-16-25(20-9-5-4-6-10-20)23-12-8-7-11-22(23)24;/h4-14,16H,15H2,1-3H3;1H/q+1;/p-1. The summed E-state index contributed by atoms with van der Waals surface area (Å²) in [5.41, 5.74) is 9.14. The van der Waals surface area contributed by atoms with Gasteiger partial charge in [-0.05, 0) is 61.7 Å². The first kappa shape index (κ1) is 18.2. The van der Waals surface area contributed by atoms with E-state index in [1.165, 1.54) is 39.0 Å². The summed E-state index contributed by atoms with van der Waals surface area (Å²) >= 11 is 0. The fourth-order valence-corrected chi connectivity index (χ4v) is 3.72. The van der Waals surface area contributed by atoms with Gasteiger partial charge in [-0.15, -0.1) is 0 Å². The molecule has 1 heterocycles. The van der Waals surface area contributed by atoms with Crippen molar-refractivity contribution >= 4 is 11.0 Å². The largest absolute Gasteiger partial charge is 1.00 e. The van der Waals surface area contributed by atoms with Gasteiger partial charge in [0, 0.05) is 0 Å². The Kier molecular flexibility index (Phi) is 5.15. The number of imidazole rings is 1. The highest BCUT2D eigenvalue weighted by atomic mass is 35.5. The molecule has 0 saturated heterocycles. The number of aromatic nitrogens is 2. The SMILES string of the molecule is Cc1cc(C)c(C[n+]2cn(-c3ccccc3)c3ccccc32)c(C)c1.[Cl-]. The molecule has 0 amide bonds. The average molecular weight is 363 g/mol. The van der Waals surface area contributed by atoms with Crippen LogP contribution in [0.2, 0.25) is 0 Å². The van der Waals surface area contributed by atoms with Crippen molar-refractivity contribution in [2.45, 2.75) is 27.3 Å². The highest BCUT2D eigenvalue weighted by Gasteiger charge is 2.18. The molecule has 0 fully saturated rings. The first-order valence-corrected chi connectivity index (χ1v) is 8.75. The number of hydrogen-bond acceptors (Lipinski definition) is 0. The van der Waals surface area contributed by atoms with Crippen LogP contribution in [0, 0.1) is 20.8 Å². The van der Waals surface area contributed by atoms with E-state index in [-0.39, 0.29) is 12.4 Å². The molecule has 0 atom stereocenters. The summed E-state index contributed by atoms with van der Waals surface area (Å²) in [5.74, 6) is 0. The van der Waals surface area contributed by atoms with Gasteiger partial charge in [-0.3, -0.25) is 0 Å². The Hall–Kier alpha value is -2.58. The van der Waals surface area contributed by atoms with E-state index in [9.17, 15) is 0 Å². The number of halogens is 1. The second-order valence-corrected chi connectivity index (χ2v) is 6.81. The van der Waals surface area contributed by atoms with E-state index >= 15 is 0 Å². The molecule has 0 aliphatic rings. The van der Waals surface area contributed by atoms with E-state index < -0.39 is 0 Å². The van der Waals surface area contributed by atoms with Crippen LogP contribution in [0.15, 0.2) is 73.1 Å². The molecule has 3 heteroatoms. The monoisotopic (exact) mass is 362 g/mol. The van der Waals surface area contributed by atoms with Crippen LogP contribution in [-0.4, -0.2) is 4.57 Å². The third-order valence-corrected chi connectivity index (χ3v) is 4.91. The minimum absolute atomic E-state index is 0. The molecular weight excluding hydrogens is 340 g/mol. The summed E-state index contributed by atoms with van der Waals surface area (Å²) in [7, 11) is 0. The molecule has 0 aliphatic heterocycles. The highest BCUT2D eigenvalue weighted by Crippen LogP contribution is 2.20. The van der Waals surface area contributed by atoms with E-state index in [1.54, 1.807) is 0 Å². The van der Waals surface area contributed by atoms with E-state index in [0.29, 0.717) is 0 Å². The molecule has 0 aliphatic carbocycles. The van der Waals surface area contributed by atoms with Crippen LogP contribution >= 0.6 is 0 Å². The first-order chi connectivity index (χ1) is 12.1. The maximum Gasteiger partial charge on any atom is 0.250 e. The highest BCUT2D eigenvalue weighted by molar-refractivity contribution is 5.74. The van der Waals surface area contributed by atoms with Gasteiger partial charge in [0.25, 0.3) is 0 Å². The maximum absolute atomic E-state index is 2.35. The quantitative estimate of drug-likeness (QED) is 0.492. The Morgan fingerprint density at radius 3 is 2.12 bits per heavy atom. The van der Waals surface area contributed by atoms with Crippen LogP contribution < -0.4 is 17.0 Å². The van der Waals surface area contributed by atoms with Crippen molar-refractivity contribution in [2.75, 3.05) is 0 Å². The van der Waals surface area contributed by atoms with Crippen LogP contribution in [0.4, 0.5) is 0 Å². The number of fused-ring (bicyclic) bond motifs is 1. The number of rotatable bonds is 3. The van der Waals surface area contributed by atoms with Crippen LogP contribution in [-0.2, 0) is 6.54 Å². The molecule has 2 nitrogen and oxygen atoms in total. The predicted octanol–water partition coefficient (Wildman–Crippen LogP) is 1.90. The Morgan fingerprint density at radius 1 is 0.808 bits per heavy atom. The summed E-state index contributed by atoms with van der Waals surface area (Å²) in [6.45, 7) is 7.48. The summed E-state index contributed by atoms with van der Waals surface area (Å²) in [5, 5.41) is 0.